The lowest BCUT2D eigenvalue weighted by atomic mass is 10.1. The Labute approximate surface area is 209 Å². The number of anilines is 1. The van der Waals surface area contributed by atoms with Crippen LogP contribution in [0, 0.1) is 0 Å². The lowest BCUT2D eigenvalue weighted by Crippen LogP contribution is -2.56. The Hall–Kier alpha value is -3.07. The molecule has 2 aromatic rings. The normalized spacial score (nSPS) is 12.5. The number of nitrogens with zero attached hydrogens (tertiary/aromatic N) is 2. The standard InChI is InChI=1S/C26H37N3O5S/c1-7-21(25(31)27-26(2,3)4)28(18-17-20-13-9-8-10-14-20)24(30)19-29(35(6,32)33)22-15-11-12-16-23(22)34-5/h8-16,21H,7,17-19H2,1-6H3,(H,27,31)/t21-/m0/s1. The fourth-order valence-corrected chi connectivity index (χ4v) is 4.63. The number of amides is 2. The van der Waals surface area contributed by atoms with Crippen molar-refractivity contribution in [3.63, 3.8) is 0 Å². The van der Waals surface area contributed by atoms with Crippen LogP contribution in [0.15, 0.2) is 54.6 Å². The molecule has 1 atom stereocenters. The van der Waals surface area contributed by atoms with E-state index in [0.717, 1.165) is 16.1 Å². The number of ether oxygens (including phenoxy) is 1. The molecule has 2 rings (SSSR count). The molecule has 0 spiro atoms. The van der Waals surface area contributed by atoms with E-state index in [9.17, 15) is 18.0 Å². The second-order valence-corrected chi connectivity index (χ2v) is 11.3. The SMILES string of the molecule is CC[C@@H](C(=O)NC(C)(C)C)N(CCc1ccccc1)C(=O)CN(c1ccccc1OC)S(C)(=O)=O. The van der Waals surface area contributed by atoms with Crippen molar-refractivity contribution in [2.45, 2.75) is 52.1 Å². The third kappa shape index (κ3) is 8.28. The number of para-hydroxylation sites is 2. The van der Waals surface area contributed by atoms with Crippen LogP contribution >= 0.6 is 0 Å². The van der Waals surface area contributed by atoms with E-state index in [2.05, 4.69) is 5.32 Å². The molecule has 0 aromatic heterocycles. The van der Waals surface area contributed by atoms with Gasteiger partial charge in [-0.05, 0) is 51.3 Å². The van der Waals surface area contributed by atoms with Crippen molar-refractivity contribution in [2.24, 2.45) is 0 Å². The van der Waals surface area contributed by atoms with Gasteiger partial charge in [0, 0.05) is 12.1 Å². The molecule has 0 fully saturated rings. The summed E-state index contributed by atoms with van der Waals surface area (Å²) in [5, 5.41) is 2.95. The first-order valence-electron chi connectivity index (χ1n) is 11.6. The number of sulfonamides is 1. The highest BCUT2D eigenvalue weighted by Gasteiger charge is 2.33. The number of carbonyl (C=O) groups excluding carboxylic acids is 2. The van der Waals surface area contributed by atoms with Crippen LogP contribution in [-0.2, 0) is 26.0 Å². The van der Waals surface area contributed by atoms with Crippen LogP contribution in [0.3, 0.4) is 0 Å². The fraction of sp³-hybridized carbons (Fsp3) is 0.462. The highest BCUT2D eigenvalue weighted by atomic mass is 32.2. The number of hydrogen-bond acceptors (Lipinski definition) is 5. The summed E-state index contributed by atoms with van der Waals surface area (Å²) in [4.78, 5) is 28.3. The molecule has 0 unspecified atom stereocenters. The molecule has 0 heterocycles. The monoisotopic (exact) mass is 503 g/mol. The minimum Gasteiger partial charge on any atom is -0.495 e. The smallest absolute Gasteiger partial charge is 0.244 e. The first-order chi connectivity index (χ1) is 16.4. The number of nitrogens with one attached hydrogen (secondary N) is 1. The number of methoxy groups -OCH3 is 1. The molecule has 0 saturated heterocycles. The van der Waals surface area contributed by atoms with Gasteiger partial charge in [-0.3, -0.25) is 13.9 Å². The molecule has 192 valence electrons. The maximum atomic E-state index is 13.7. The van der Waals surface area contributed by atoms with E-state index in [4.69, 9.17) is 4.74 Å². The summed E-state index contributed by atoms with van der Waals surface area (Å²) in [6.07, 6.45) is 1.96. The molecule has 9 heteroatoms. The van der Waals surface area contributed by atoms with Gasteiger partial charge in [0.1, 0.15) is 18.3 Å². The van der Waals surface area contributed by atoms with Crippen molar-refractivity contribution in [1.29, 1.82) is 0 Å². The van der Waals surface area contributed by atoms with Crippen LogP contribution in [0.4, 0.5) is 5.69 Å². The van der Waals surface area contributed by atoms with Crippen LogP contribution in [0.2, 0.25) is 0 Å². The summed E-state index contributed by atoms with van der Waals surface area (Å²) >= 11 is 0. The van der Waals surface area contributed by atoms with Crippen molar-refractivity contribution in [2.75, 3.05) is 30.8 Å². The average Bonchev–Trinajstić information content (AvgIpc) is 2.78. The van der Waals surface area contributed by atoms with Gasteiger partial charge in [0.05, 0.1) is 19.1 Å². The Morgan fingerprint density at radius 1 is 1.03 bits per heavy atom. The maximum absolute atomic E-state index is 13.7. The van der Waals surface area contributed by atoms with Gasteiger partial charge >= 0.3 is 0 Å². The summed E-state index contributed by atoms with van der Waals surface area (Å²) in [6, 6.07) is 15.5. The van der Waals surface area contributed by atoms with E-state index in [0.29, 0.717) is 18.6 Å². The van der Waals surface area contributed by atoms with Crippen LogP contribution in [0.5, 0.6) is 5.75 Å². The van der Waals surface area contributed by atoms with Gasteiger partial charge in [0.2, 0.25) is 21.8 Å². The predicted octanol–water partition coefficient (Wildman–Crippen LogP) is 3.23. The Bertz CT molecular complexity index is 1100. The van der Waals surface area contributed by atoms with Gasteiger partial charge in [-0.1, -0.05) is 49.4 Å². The molecule has 0 aliphatic rings. The molecule has 2 aromatic carbocycles. The lowest BCUT2D eigenvalue weighted by Gasteiger charge is -2.34. The topological polar surface area (TPSA) is 96.0 Å². The third-order valence-electron chi connectivity index (χ3n) is 5.40. The van der Waals surface area contributed by atoms with E-state index < -0.39 is 34.1 Å². The Kier molecular flexibility index (Phi) is 9.71. The Morgan fingerprint density at radius 3 is 2.17 bits per heavy atom. The Balaban J connectivity index is 2.42. The molecule has 0 bridgehead atoms. The molecule has 0 aliphatic carbocycles. The number of benzene rings is 2. The van der Waals surface area contributed by atoms with Crippen LogP contribution in [-0.4, -0.2) is 63.2 Å². The first-order valence-corrected chi connectivity index (χ1v) is 13.5. The molecule has 0 aliphatic heterocycles. The van der Waals surface area contributed by atoms with Gasteiger partial charge in [-0.2, -0.15) is 0 Å². The summed E-state index contributed by atoms with van der Waals surface area (Å²) in [6.45, 7) is 7.28. The molecule has 0 radical (unpaired) electrons. The fourth-order valence-electron chi connectivity index (χ4n) is 3.78. The molecule has 1 N–H and O–H groups in total. The minimum atomic E-state index is -3.82. The van der Waals surface area contributed by atoms with Gasteiger partial charge in [-0.25, -0.2) is 8.42 Å². The summed E-state index contributed by atoms with van der Waals surface area (Å²) < 4.78 is 31.8. The molecular formula is C26H37N3O5S. The van der Waals surface area contributed by atoms with Gasteiger partial charge < -0.3 is 15.0 Å². The largest absolute Gasteiger partial charge is 0.495 e. The van der Waals surface area contributed by atoms with Crippen molar-refractivity contribution < 1.29 is 22.7 Å². The second-order valence-electron chi connectivity index (χ2n) is 9.43. The number of rotatable bonds is 11. The van der Waals surface area contributed by atoms with Crippen molar-refractivity contribution in [3.05, 3.63) is 60.2 Å². The van der Waals surface area contributed by atoms with E-state index in [-0.39, 0.29) is 18.1 Å². The molecule has 2 amide bonds. The van der Waals surface area contributed by atoms with E-state index >= 15 is 0 Å². The molecule has 0 saturated carbocycles. The first kappa shape index (κ1) is 28.2. The summed E-state index contributed by atoms with van der Waals surface area (Å²) in [5.41, 5.74) is 0.802. The van der Waals surface area contributed by atoms with Crippen LogP contribution in [0.1, 0.15) is 39.7 Å². The quantitative estimate of drug-likeness (QED) is 0.508. The zero-order chi connectivity index (χ0) is 26.2. The highest BCUT2D eigenvalue weighted by molar-refractivity contribution is 7.92. The Morgan fingerprint density at radius 2 is 1.63 bits per heavy atom. The number of carbonyl (C=O) groups is 2. The summed E-state index contributed by atoms with van der Waals surface area (Å²) in [7, 11) is -2.38. The van der Waals surface area contributed by atoms with E-state index in [1.165, 1.54) is 12.0 Å². The van der Waals surface area contributed by atoms with E-state index in [1.807, 2.05) is 58.0 Å². The van der Waals surface area contributed by atoms with Crippen molar-refractivity contribution in [1.82, 2.24) is 10.2 Å². The average molecular weight is 504 g/mol. The predicted molar refractivity (Wildman–Crippen MR) is 139 cm³/mol. The summed E-state index contributed by atoms with van der Waals surface area (Å²) in [5.74, 6) is -0.406. The van der Waals surface area contributed by atoms with Gasteiger partial charge in [0.15, 0.2) is 0 Å². The zero-order valence-corrected chi connectivity index (χ0v) is 22.3. The van der Waals surface area contributed by atoms with Crippen LogP contribution in [0.25, 0.3) is 0 Å². The van der Waals surface area contributed by atoms with E-state index in [1.54, 1.807) is 24.3 Å². The highest BCUT2D eigenvalue weighted by Crippen LogP contribution is 2.29. The maximum Gasteiger partial charge on any atom is 0.244 e. The lowest BCUT2D eigenvalue weighted by molar-refractivity contribution is -0.140. The number of hydrogen-bond donors (Lipinski definition) is 1. The van der Waals surface area contributed by atoms with Gasteiger partial charge in [0.25, 0.3) is 0 Å². The van der Waals surface area contributed by atoms with Crippen LogP contribution < -0.4 is 14.4 Å². The van der Waals surface area contributed by atoms with Gasteiger partial charge in [-0.15, -0.1) is 0 Å². The molecule has 8 nitrogen and oxygen atoms in total. The molecule has 35 heavy (non-hydrogen) atoms. The minimum absolute atomic E-state index is 0.265. The second kappa shape index (κ2) is 12.1. The van der Waals surface area contributed by atoms with Crippen molar-refractivity contribution in [3.8, 4) is 5.75 Å². The zero-order valence-electron chi connectivity index (χ0n) is 21.4. The molecular weight excluding hydrogens is 466 g/mol. The third-order valence-corrected chi connectivity index (χ3v) is 6.53. The van der Waals surface area contributed by atoms with Crippen molar-refractivity contribution >= 4 is 27.5 Å².